The van der Waals surface area contributed by atoms with Gasteiger partial charge < -0.3 is 10.4 Å². The third-order valence-corrected chi connectivity index (χ3v) is 3.50. The Kier molecular flexibility index (Phi) is 4.55. The minimum Gasteiger partial charge on any atom is -0.508 e. The van der Waals surface area contributed by atoms with Gasteiger partial charge in [-0.2, -0.15) is 0 Å². The van der Waals surface area contributed by atoms with E-state index in [2.05, 4.69) is 17.1 Å². The van der Waals surface area contributed by atoms with Gasteiger partial charge in [0.1, 0.15) is 11.6 Å². The number of benzene rings is 1. The SMILES string of the molecule is CCC[C@H](c1cc(F)ccc1O)N1CCNCC1. The average Bonchev–Trinajstić information content (AvgIpc) is 2.40. The molecule has 0 unspecified atom stereocenters. The standard InChI is InChI=1S/C14H21FN2O/c1-2-3-13(17-8-6-16-7-9-17)12-10-11(15)4-5-14(12)18/h4-5,10,13,16,18H,2-3,6-9H2,1H3/t13-/m1/s1. The van der Waals surface area contributed by atoms with Crippen molar-refractivity contribution in [2.75, 3.05) is 26.2 Å². The molecule has 2 N–H and O–H groups in total. The third-order valence-electron chi connectivity index (χ3n) is 3.50. The molecule has 0 aromatic heterocycles. The van der Waals surface area contributed by atoms with Gasteiger partial charge in [0.25, 0.3) is 0 Å². The highest BCUT2D eigenvalue weighted by atomic mass is 19.1. The quantitative estimate of drug-likeness (QED) is 0.863. The molecule has 100 valence electrons. The number of nitrogens with one attached hydrogen (secondary N) is 1. The van der Waals surface area contributed by atoms with E-state index in [0.717, 1.165) is 44.6 Å². The number of rotatable bonds is 4. The van der Waals surface area contributed by atoms with Crippen LogP contribution in [0.3, 0.4) is 0 Å². The minimum atomic E-state index is -0.279. The van der Waals surface area contributed by atoms with Crippen molar-refractivity contribution < 1.29 is 9.50 Å². The van der Waals surface area contributed by atoms with Gasteiger partial charge in [-0.25, -0.2) is 4.39 Å². The molecule has 0 radical (unpaired) electrons. The van der Waals surface area contributed by atoms with Crippen LogP contribution in [0, 0.1) is 5.82 Å². The molecule has 1 aromatic carbocycles. The first-order valence-electron chi connectivity index (χ1n) is 6.65. The molecule has 1 saturated heterocycles. The van der Waals surface area contributed by atoms with E-state index >= 15 is 0 Å². The van der Waals surface area contributed by atoms with E-state index in [-0.39, 0.29) is 17.6 Å². The molecule has 0 bridgehead atoms. The van der Waals surface area contributed by atoms with Crippen LogP contribution in [0.2, 0.25) is 0 Å². The molecule has 2 rings (SSSR count). The van der Waals surface area contributed by atoms with E-state index in [4.69, 9.17) is 0 Å². The molecule has 0 aliphatic carbocycles. The lowest BCUT2D eigenvalue weighted by atomic mass is 9.98. The molecule has 1 fully saturated rings. The fourth-order valence-corrected chi connectivity index (χ4v) is 2.59. The van der Waals surface area contributed by atoms with E-state index < -0.39 is 0 Å². The second-order valence-electron chi connectivity index (χ2n) is 4.79. The summed E-state index contributed by atoms with van der Waals surface area (Å²) >= 11 is 0. The van der Waals surface area contributed by atoms with Crippen molar-refractivity contribution in [2.45, 2.75) is 25.8 Å². The zero-order chi connectivity index (χ0) is 13.0. The van der Waals surface area contributed by atoms with Crippen LogP contribution in [-0.2, 0) is 0 Å². The van der Waals surface area contributed by atoms with Crippen LogP contribution in [0.25, 0.3) is 0 Å². The Balaban J connectivity index is 2.24. The summed E-state index contributed by atoms with van der Waals surface area (Å²) in [5.74, 6) is -0.0765. The van der Waals surface area contributed by atoms with Crippen LogP contribution in [0.5, 0.6) is 5.75 Å². The number of phenolic OH excluding ortho intramolecular Hbond substituents is 1. The number of phenols is 1. The summed E-state index contributed by atoms with van der Waals surface area (Å²) in [6, 6.07) is 4.35. The lowest BCUT2D eigenvalue weighted by Crippen LogP contribution is -2.45. The molecule has 1 aliphatic rings. The zero-order valence-electron chi connectivity index (χ0n) is 10.8. The highest BCUT2D eigenvalue weighted by molar-refractivity contribution is 5.35. The maximum Gasteiger partial charge on any atom is 0.123 e. The van der Waals surface area contributed by atoms with Crippen LogP contribution in [-0.4, -0.2) is 36.2 Å². The van der Waals surface area contributed by atoms with Gasteiger partial charge >= 0.3 is 0 Å². The Morgan fingerprint density at radius 3 is 2.78 bits per heavy atom. The Morgan fingerprint density at radius 1 is 1.39 bits per heavy atom. The monoisotopic (exact) mass is 252 g/mol. The smallest absolute Gasteiger partial charge is 0.123 e. The summed E-state index contributed by atoms with van der Waals surface area (Å²) < 4.78 is 13.4. The molecule has 0 spiro atoms. The van der Waals surface area contributed by atoms with Gasteiger partial charge in [0, 0.05) is 37.8 Å². The first kappa shape index (κ1) is 13.3. The van der Waals surface area contributed by atoms with Crippen LogP contribution in [0.4, 0.5) is 4.39 Å². The van der Waals surface area contributed by atoms with Gasteiger partial charge in [-0.05, 0) is 24.6 Å². The van der Waals surface area contributed by atoms with Crippen molar-refractivity contribution >= 4 is 0 Å². The summed E-state index contributed by atoms with van der Waals surface area (Å²) in [7, 11) is 0. The molecule has 4 heteroatoms. The Morgan fingerprint density at radius 2 is 2.11 bits per heavy atom. The van der Waals surface area contributed by atoms with Crippen molar-refractivity contribution in [1.82, 2.24) is 10.2 Å². The maximum absolute atomic E-state index is 13.4. The number of nitrogens with zero attached hydrogens (tertiary/aromatic N) is 1. The van der Waals surface area contributed by atoms with Crippen LogP contribution < -0.4 is 5.32 Å². The summed E-state index contributed by atoms with van der Waals surface area (Å²) in [4.78, 5) is 2.33. The number of piperazine rings is 1. The van der Waals surface area contributed by atoms with E-state index in [1.165, 1.54) is 18.2 Å². The van der Waals surface area contributed by atoms with Crippen molar-refractivity contribution in [3.05, 3.63) is 29.6 Å². The predicted molar refractivity (Wildman–Crippen MR) is 70.2 cm³/mol. The first-order valence-corrected chi connectivity index (χ1v) is 6.65. The van der Waals surface area contributed by atoms with Gasteiger partial charge in [-0.1, -0.05) is 13.3 Å². The molecule has 3 nitrogen and oxygen atoms in total. The van der Waals surface area contributed by atoms with E-state index in [0.29, 0.717) is 0 Å². The Bertz CT molecular complexity index is 391. The second kappa shape index (κ2) is 6.16. The second-order valence-corrected chi connectivity index (χ2v) is 4.79. The van der Waals surface area contributed by atoms with Crippen molar-refractivity contribution in [3.8, 4) is 5.75 Å². The van der Waals surface area contributed by atoms with E-state index in [9.17, 15) is 9.50 Å². The molecule has 1 aromatic rings. The topological polar surface area (TPSA) is 35.5 Å². The third kappa shape index (κ3) is 3.00. The summed E-state index contributed by atoms with van der Waals surface area (Å²) in [6.07, 6.45) is 1.96. The number of halogens is 1. The molecule has 18 heavy (non-hydrogen) atoms. The van der Waals surface area contributed by atoms with Gasteiger partial charge in [-0.3, -0.25) is 4.90 Å². The first-order chi connectivity index (χ1) is 8.72. The van der Waals surface area contributed by atoms with E-state index in [1.807, 2.05) is 0 Å². The molecule has 1 atom stereocenters. The van der Waals surface area contributed by atoms with E-state index in [1.54, 1.807) is 0 Å². The van der Waals surface area contributed by atoms with Gasteiger partial charge in [0.05, 0.1) is 0 Å². The lowest BCUT2D eigenvalue weighted by Gasteiger charge is -2.35. The fourth-order valence-electron chi connectivity index (χ4n) is 2.59. The average molecular weight is 252 g/mol. The van der Waals surface area contributed by atoms with Crippen LogP contribution >= 0.6 is 0 Å². The minimum absolute atomic E-state index is 0.118. The van der Waals surface area contributed by atoms with Gasteiger partial charge in [-0.15, -0.1) is 0 Å². The molecular weight excluding hydrogens is 231 g/mol. The number of hydrogen-bond donors (Lipinski definition) is 2. The maximum atomic E-state index is 13.4. The number of hydrogen-bond acceptors (Lipinski definition) is 3. The summed E-state index contributed by atoms with van der Waals surface area (Å²) in [5.41, 5.74) is 0.721. The lowest BCUT2D eigenvalue weighted by molar-refractivity contribution is 0.162. The Labute approximate surface area is 108 Å². The van der Waals surface area contributed by atoms with Gasteiger partial charge in [0.15, 0.2) is 0 Å². The fraction of sp³-hybridized carbons (Fsp3) is 0.571. The highest BCUT2D eigenvalue weighted by Gasteiger charge is 2.23. The molecular formula is C14H21FN2O. The van der Waals surface area contributed by atoms with Crippen LogP contribution in [0.1, 0.15) is 31.4 Å². The van der Waals surface area contributed by atoms with Crippen molar-refractivity contribution in [2.24, 2.45) is 0 Å². The molecule has 0 amide bonds. The summed E-state index contributed by atoms with van der Waals surface area (Å²) in [6.45, 7) is 5.92. The largest absolute Gasteiger partial charge is 0.508 e. The highest BCUT2D eigenvalue weighted by Crippen LogP contribution is 2.32. The number of aromatic hydroxyl groups is 1. The normalized spacial score (nSPS) is 18.8. The molecule has 1 aliphatic heterocycles. The van der Waals surface area contributed by atoms with Crippen molar-refractivity contribution in [3.63, 3.8) is 0 Å². The molecule has 1 heterocycles. The zero-order valence-corrected chi connectivity index (χ0v) is 10.8. The Hall–Kier alpha value is -1.13. The van der Waals surface area contributed by atoms with Gasteiger partial charge in [0.2, 0.25) is 0 Å². The molecule has 0 saturated carbocycles. The van der Waals surface area contributed by atoms with Crippen molar-refractivity contribution in [1.29, 1.82) is 0 Å². The predicted octanol–water partition coefficient (Wildman–Crippen LogP) is 2.28. The summed E-state index contributed by atoms with van der Waals surface area (Å²) in [5, 5.41) is 13.3. The van der Waals surface area contributed by atoms with Crippen LogP contribution in [0.15, 0.2) is 18.2 Å².